The van der Waals surface area contributed by atoms with Gasteiger partial charge in [-0.3, -0.25) is 4.79 Å². The highest BCUT2D eigenvalue weighted by atomic mass is 35.5. The summed E-state index contributed by atoms with van der Waals surface area (Å²) in [6.07, 6.45) is 3.42. The number of nitrogen functional groups attached to an aromatic ring is 1. The number of hydrogen-bond donors (Lipinski definition) is 1. The molecule has 0 bridgehead atoms. The van der Waals surface area contributed by atoms with Crippen LogP contribution in [0.5, 0.6) is 5.75 Å². The molecule has 0 spiro atoms. The second-order valence-electron chi connectivity index (χ2n) is 9.41. The van der Waals surface area contributed by atoms with Crippen molar-refractivity contribution in [1.29, 1.82) is 0 Å². The van der Waals surface area contributed by atoms with Crippen LogP contribution in [0, 0.1) is 5.82 Å². The van der Waals surface area contributed by atoms with Crippen molar-refractivity contribution < 1.29 is 18.3 Å². The van der Waals surface area contributed by atoms with Crippen molar-refractivity contribution >= 4 is 45.9 Å². The Bertz CT molecular complexity index is 1490. The maximum absolute atomic E-state index is 14.1. The van der Waals surface area contributed by atoms with E-state index in [1.165, 1.54) is 12.1 Å². The van der Waals surface area contributed by atoms with E-state index in [4.69, 9.17) is 38.1 Å². The first-order chi connectivity index (χ1) is 18.2. The van der Waals surface area contributed by atoms with E-state index in [-0.39, 0.29) is 27.5 Å². The van der Waals surface area contributed by atoms with E-state index in [0.29, 0.717) is 28.6 Å². The van der Waals surface area contributed by atoms with Crippen LogP contribution >= 0.6 is 23.2 Å². The summed E-state index contributed by atoms with van der Waals surface area (Å²) < 4.78 is 26.0. The first-order valence-corrected chi connectivity index (χ1v) is 13.0. The summed E-state index contributed by atoms with van der Waals surface area (Å²) in [6, 6.07) is 10.0. The number of hydrogen-bond acceptors (Lipinski definition) is 6. The van der Waals surface area contributed by atoms with Crippen LogP contribution in [0.1, 0.15) is 35.4 Å². The monoisotopic (exact) mass is 556 g/mol. The highest BCUT2D eigenvalue weighted by molar-refractivity contribution is 6.36. The summed E-state index contributed by atoms with van der Waals surface area (Å²) >= 11 is 12.4. The van der Waals surface area contributed by atoms with Crippen LogP contribution in [0.4, 0.5) is 10.2 Å². The number of benzene rings is 2. The van der Waals surface area contributed by atoms with E-state index in [1.54, 1.807) is 19.4 Å². The average molecular weight is 557 g/mol. The molecule has 0 unspecified atom stereocenters. The molecule has 10 heteroatoms. The Balaban J connectivity index is 1.42. The van der Waals surface area contributed by atoms with Crippen molar-refractivity contribution in [3.8, 4) is 16.9 Å². The van der Waals surface area contributed by atoms with Gasteiger partial charge in [-0.15, -0.1) is 0 Å². The lowest BCUT2D eigenvalue weighted by atomic mass is 10.0. The number of anilines is 1. The van der Waals surface area contributed by atoms with E-state index in [0.717, 1.165) is 37.2 Å². The van der Waals surface area contributed by atoms with Gasteiger partial charge in [-0.25, -0.2) is 9.37 Å². The van der Waals surface area contributed by atoms with E-state index >= 15 is 0 Å². The predicted molar refractivity (Wildman–Crippen MR) is 147 cm³/mol. The summed E-state index contributed by atoms with van der Waals surface area (Å²) in [4.78, 5) is 21.5. The van der Waals surface area contributed by atoms with Gasteiger partial charge in [0.2, 0.25) is 5.75 Å². The Labute approximate surface area is 229 Å². The molecule has 38 heavy (non-hydrogen) atoms. The van der Waals surface area contributed by atoms with E-state index in [9.17, 15) is 9.18 Å². The molecule has 0 aliphatic carbocycles. The van der Waals surface area contributed by atoms with Gasteiger partial charge < -0.3 is 24.7 Å². The van der Waals surface area contributed by atoms with Crippen molar-refractivity contribution in [2.75, 3.05) is 39.0 Å². The summed E-state index contributed by atoms with van der Waals surface area (Å²) in [7, 11) is 2.07. The van der Waals surface area contributed by atoms with Gasteiger partial charge in [0, 0.05) is 47.5 Å². The van der Waals surface area contributed by atoms with Gasteiger partial charge in [0.1, 0.15) is 11.9 Å². The molecule has 4 aromatic rings. The number of pyridine rings is 1. The van der Waals surface area contributed by atoms with Crippen molar-refractivity contribution in [2.45, 2.75) is 19.4 Å². The van der Waals surface area contributed by atoms with Crippen LogP contribution in [0.3, 0.4) is 0 Å². The van der Waals surface area contributed by atoms with Crippen LogP contribution in [-0.2, 0) is 0 Å². The van der Waals surface area contributed by atoms with Gasteiger partial charge in [-0.1, -0.05) is 35.3 Å². The summed E-state index contributed by atoms with van der Waals surface area (Å²) in [5.41, 5.74) is 9.06. The summed E-state index contributed by atoms with van der Waals surface area (Å²) in [5, 5.41) is 0.822. The number of ether oxygens (including phenoxy) is 1. The first kappa shape index (κ1) is 26.3. The maximum Gasteiger partial charge on any atom is 0.253 e. The Hall–Kier alpha value is -3.33. The number of nitrogens with two attached hydrogens (primary N) is 1. The SMILES string of the molecule is C[C@@H](Oc1c(N)ncc2c(-c3ccc(C(=O)N4CCCN(C)CC4)cc3)coc12)c1c(Cl)ccc(F)c1Cl. The summed E-state index contributed by atoms with van der Waals surface area (Å²) in [6.45, 7) is 5.00. The molecule has 1 amide bonds. The smallest absolute Gasteiger partial charge is 0.253 e. The van der Waals surface area contributed by atoms with Gasteiger partial charge in [0.25, 0.3) is 5.91 Å². The Morgan fingerprint density at radius 3 is 2.66 bits per heavy atom. The van der Waals surface area contributed by atoms with Gasteiger partial charge in [-0.05, 0) is 56.8 Å². The molecule has 7 nitrogen and oxygen atoms in total. The number of carbonyl (C=O) groups excluding carboxylic acids is 1. The number of furan rings is 1. The fraction of sp³-hybridized carbons (Fsp3) is 0.286. The predicted octanol–water partition coefficient (Wildman–Crippen LogP) is 6.44. The Kier molecular flexibility index (Phi) is 7.47. The molecule has 2 N–H and O–H groups in total. The number of aromatic nitrogens is 1. The number of likely N-dealkylation sites (N-methyl/N-ethyl adjacent to an activating group) is 1. The molecular formula is C28H27Cl2FN4O3. The lowest BCUT2D eigenvalue weighted by Gasteiger charge is -2.20. The molecule has 3 heterocycles. The van der Waals surface area contributed by atoms with E-state index < -0.39 is 11.9 Å². The van der Waals surface area contributed by atoms with Crippen LogP contribution in [0.15, 0.2) is 53.3 Å². The third-order valence-electron chi connectivity index (χ3n) is 6.83. The molecule has 0 saturated carbocycles. The highest BCUT2D eigenvalue weighted by Crippen LogP contribution is 2.41. The first-order valence-electron chi connectivity index (χ1n) is 12.3. The Morgan fingerprint density at radius 1 is 1.13 bits per heavy atom. The minimum absolute atomic E-state index is 0.0256. The van der Waals surface area contributed by atoms with Gasteiger partial charge in [0.05, 0.1) is 16.7 Å². The topological polar surface area (TPSA) is 84.8 Å². The molecule has 2 aromatic carbocycles. The highest BCUT2D eigenvalue weighted by Gasteiger charge is 2.24. The normalized spacial score (nSPS) is 15.4. The fourth-order valence-electron chi connectivity index (χ4n) is 4.69. The number of fused-ring (bicyclic) bond motifs is 1. The molecule has 1 saturated heterocycles. The average Bonchev–Trinajstić information content (AvgIpc) is 3.22. The standard InChI is InChI=1S/C28H27Cl2FN4O3/c1-16(23-21(29)8-9-22(31)24(23)30)38-26-25-19(14-33-27(26)32)20(15-37-25)17-4-6-18(7-5-17)28(36)35-11-3-10-34(2)12-13-35/h4-9,14-16H,3,10-13H2,1-2H3,(H2,32,33)/t16-/m1/s1. The van der Waals surface area contributed by atoms with Gasteiger partial charge in [-0.2, -0.15) is 0 Å². The minimum Gasteiger partial charge on any atom is -0.478 e. The number of halogens is 3. The zero-order valence-electron chi connectivity index (χ0n) is 21.0. The second kappa shape index (κ2) is 10.8. The number of carbonyl (C=O) groups is 1. The molecule has 1 fully saturated rings. The molecule has 0 radical (unpaired) electrons. The molecule has 198 valence electrons. The fourth-order valence-corrected chi connectivity index (χ4v) is 5.37. The van der Waals surface area contributed by atoms with Crippen LogP contribution < -0.4 is 10.5 Å². The van der Waals surface area contributed by atoms with Crippen molar-refractivity contribution in [2.24, 2.45) is 0 Å². The van der Waals surface area contributed by atoms with Gasteiger partial charge in [0.15, 0.2) is 11.4 Å². The largest absolute Gasteiger partial charge is 0.478 e. The number of amides is 1. The number of nitrogens with zero attached hydrogens (tertiary/aromatic N) is 3. The van der Waals surface area contributed by atoms with Crippen LogP contribution in [-0.4, -0.2) is 53.9 Å². The quantitative estimate of drug-likeness (QED) is 0.285. The zero-order valence-corrected chi connectivity index (χ0v) is 22.5. The van der Waals surface area contributed by atoms with E-state index in [1.807, 2.05) is 29.2 Å². The lowest BCUT2D eigenvalue weighted by Crippen LogP contribution is -2.34. The second-order valence-corrected chi connectivity index (χ2v) is 10.2. The third-order valence-corrected chi connectivity index (χ3v) is 7.54. The minimum atomic E-state index is -0.738. The van der Waals surface area contributed by atoms with Crippen molar-refractivity contribution in [1.82, 2.24) is 14.8 Å². The van der Waals surface area contributed by atoms with Crippen LogP contribution in [0.2, 0.25) is 10.0 Å². The Morgan fingerprint density at radius 2 is 1.89 bits per heavy atom. The van der Waals surface area contributed by atoms with Crippen molar-refractivity contribution in [3.63, 3.8) is 0 Å². The molecule has 1 aliphatic heterocycles. The van der Waals surface area contributed by atoms with E-state index in [2.05, 4.69) is 16.9 Å². The number of rotatable bonds is 5. The molecule has 1 atom stereocenters. The molecule has 5 rings (SSSR count). The van der Waals surface area contributed by atoms with Gasteiger partial charge >= 0.3 is 0 Å². The molecule has 1 aliphatic rings. The summed E-state index contributed by atoms with van der Waals surface area (Å²) in [5.74, 6) is -0.262. The molecular weight excluding hydrogens is 530 g/mol. The third kappa shape index (κ3) is 5.04. The molecule has 2 aromatic heterocycles. The van der Waals surface area contributed by atoms with Crippen molar-refractivity contribution in [3.05, 3.63) is 75.8 Å². The maximum atomic E-state index is 14.1. The lowest BCUT2D eigenvalue weighted by molar-refractivity contribution is 0.0763. The van der Waals surface area contributed by atoms with Crippen LogP contribution in [0.25, 0.3) is 22.1 Å². The zero-order chi connectivity index (χ0) is 27.0.